The summed E-state index contributed by atoms with van der Waals surface area (Å²) in [6.07, 6.45) is 0.938. The standard InChI is InChI=1S/C24H20N2O2/c1-3-10-26-21-9-8-14(2)11-17(21)24(28)18-12-20-16(13-22(18)26)23(27)15-6-4-5-7-19(15)25-20/h4-9,11-13H,3,10H2,1-2H3,(H,25,27). The molecule has 2 heterocycles. The summed E-state index contributed by atoms with van der Waals surface area (Å²) in [5, 5.41) is 2.64. The first-order valence-electron chi connectivity index (χ1n) is 9.60. The Bertz CT molecular complexity index is 1520. The number of aromatic amines is 1. The van der Waals surface area contributed by atoms with Crippen molar-refractivity contribution in [2.45, 2.75) is 26.8 Å². The van der Waals surface area contributed by atoms with E-state index in [-0.39, 0.29) is 10.9 Å². The van der Waals surface area contributed by atoms with E-state index in [1.165, 1.54) is 0 Å². The maximum Gasteiger partial charge on any atom is 0.197 e. The van der Waals surface area contributed by atoms with E-state index in [0.717, 1.165) is 40.5 Å². The van der Waals surface area contributed by atoms with Crippen LogP contribution in [0.5, 0.6) is 0 Å². The highest BCUT2D eigenvalue weighted by Crippen LogP contribution is 2.25. The first-order chi connectivity index (χ1) is 13.6. The lowest BCUT2D eigenvalue weighted by molar-refractivity contribution is 0.720. The fourth-order valence-corrected chi connectivity index (χ4v) is 4.17. The molecule has 0 unspecified atom stereocenters. The number of rotatable bonds is 2. The van der Waals surface area contributed by atoms with Gasteiger partial charge < -0.3 is 9.55 Å². The summed E-state index contributed by atoms with van der Waals surface area (Å²) >= 11 is 0. The van der Waals surface area contributed by atoms with Crippen molar-refractivity contribution in [2.24, 2.45) is 0 Å². The Morgan fingerprint density at radius 3 is 2.36 bits per heavy atom. The number of aromatic nitrogens is 2. The molecular weight excluding hydrogens is 348 g/mol. The molecule has 0 atom stereocenters. The van der Waals surface area contributed by atoms with Gasteiger partial charge in [0.05, 0.1) is 16.6 Å². The predicted octanol–water partition coefficient (Wildman–Crippen LogP) is 4.87. The molecule has 0 fully saturated rings. The van der Waals surface area contributed by atoms with Crippen LogP contribution < -0.4 is 10.9 Å². The van der Waals surface area contributed by atoms with E-state index in [1.807, 2.05) is 61.5 Å². The SMILES string of the molecule is CCCn1c2ccc(C)cc2c(=O)c2cc3[nH]c4ccccc4c(=O)c3cc21. The second kappa shape index (κ2) is 6.06. The Kier molecular flexibility index (Phi) is 3.63. The van der Waals surface area contributed by atoms with E-state index in [0.29, 0.717) is 21.7 Å². The summed E-state index contributed by atoms with van der Waals surface area (Å²) in [4.78, 5) is 29.7. The molecule has 0 radical (unpaired) electrons. The average Bonchev–Trinajstić information content (AvgIpc) is 2.71. The number of benzene rings is 3. The maximum absolute atomic E-state index is 13.3. The Morgan fingerprint density at radius 1 is 0.786 bits per heavy atom. The van der Waals surface area contributed by atoms with Crippen LogP contribution in [0.15, 0.2) is 64.2 Å². The van der Waals surface area contributed by atoms with Crippen molar-refractivity contribution in [2.75, 3.05) is 0 Å². The normalized spacial score (nSPS) is 11.8. The van der Waals surface area contributed by atoms with Gasteiger partial charge in [-0.05, 0) is 49.7 Å². The molecule has 2 aromatic heterocycles. The molecule has 0 saturated carbocycles. The Balaban J connectivity index is 2.04. The number of nitrogens with one attached hydrogen (secondary N) is 1. The molecule has 1 N–H and O–H groups in total. The van der Waals surface area contributed by atoms with Crippen LogP contribution in [0.4, 0.5) is 0 Å². The van der Waals surface area contributed by atoms with Gasteiger partial charge in [0.15, 0.2) is 10.9 Å². The van der Waals surface area contributed by atoms with Gasteiger partial charge in [-0.1, -0.05) is 30.7 Å². The number of nitrogens with zero attached hydrogens (tertiary/aromatic N) is 1. The van der Waals surface area contributed by atoms with Gasteiger partial charge >= 0.3 is 0 Å². The summed E-state index contributed by atoms with van der Waals surface area (Å²) in [6, 6.07) is 17.2. The van der Waals surface area contributed by atoms with E-state index < -0.39 is 0 Å². The van der Waals surface area contributed by atoms with Gasteiger partial charge in [-0.3, -0.25) is 9.59 Å². The number of H-pyrrole nitrogens is 1. The highest BCUT2D eigenvalue weighted by atomic mass is 16.1. The van der Waals surface area contributed by atoms with Crippen LogP contribution in [-0.4, -0.2) is 9.55 Å². The number of pyridine rings is 2. The summed E-state index contributed by atoms with van der Waals surface area (Å²) in [6.45, 7) is 4.90. The van der Waals surface area contributed by atoms with Gasteiger partial charge in [0.2, 0.25) is 0 Å². The van der Waals surface area contributed by atoms with Crippen molar-refractivity contribution in [1.29, 1.82) is 0 Å². The van der Waals surface area contributed by atoms with Gasteiger partial charge in [-0.25, -0.2) is 0 Å². The van der Waals surface area contributed by atoms with Crippen LogP contribution in [0.1, 0.15) is 18.9 Å². The first kappa shape index (κ1) is 16.8. The predicted molar refractivity (Wildman–Crippen MR) is 116 cm³/mol. The highest BCUT2D eigenvalue weighted by molar-refractivity contribution is 6.03. The van der Waals surface area contributed by atoms with Gasteiger partial charge in [0.1, 0.15) is 0 Å². The lowest BCUT2D eigenvalue weighted by Crippen LogP contribution is -2.13. The molecule has 3 aromatic carbocycles. The minimum atomic E-state index is -0.00856. The zero-order valence-corrected chi connectivity index (χ0v) is 15.9. The summed E-state index contributed by atoms with van der Waals surface area (Å²) in [5.41, 5.74) is 4.28. The van der Waals surface area contributed by atoms with Crippen LogP contribution >= 0.6 is 0 Å². The molecule has 0 bridgehead atoms. The smallest absolute Gasteiger partial charge is 0.197 e. The lowest BCUT2D eigenvalue weighted by atomic mass is 10.0. The topological polar surface area (TPSA) is 54.9 Å². The molecule has 0 aliphatic rings. The average molecular weight is 368 g/mol. The van der Waals surface area contributed by atoms with Crippen molar-refractivity contribution in [1.82, 2.24) is 9.55 Å². The monoisotopic (exact) mass is 368 g/mol. The lowest BCUT2D eigenvalue weighted by Gasteiger charge is -2.16. The number of hydrogen-bond acceptors (Lipinski definition) is 2. The zero-order valence-electron chi connectivity index (χ0n) is 15.9. The van der Waals surface area contributed by atoms with E-state index in [9.17, 15) is 9.59 Å². The zero-order chi connectivity index (χ0) is 19.4. The van der Waals surface area contributed by atoms with Gasteiger partial charge in [0.25, 0.3) is 0 Å². The molecule has 5 aromatic rings. The molecule has 0 amide bonds. The van der Waals surface area contributed by atoms with Gasteiger partial charge in [-0.15, -0.1) is 0 Å². The fraction of sp³-hybridized carbons (Fsp3) is 0.167. The maximum atomic E-state index is 13.3. The van der Waals surface area contributed by atoms with Crippen LogP contribution in [0.3, 0.4) is 0 Å². The summed E-state index contributed by atoms with van der Waals surface area (Å²) in [5.74, 6) is 0. The Labute approximate surface area is 161 Å². The molecule has 4 nitrogen and oxygen atoms in total. The number of para-hydroxylation sites is 1. The Morgan fingerprint density at radius 2 is 1.54 bits per heavy atom. The first-order valence-corrected chi connectivity index (χ1v) is 9.60. The molecule has 138 valence electrons. The fourth-order valence-electron chi connectivity index (χ4n) is 4.17. The van der Waals surface area contributed by atoms with Crippen LogP contribution in [-0.2, 0) is 6.54 Å². The molecular formula is C24H20N2O2. The number of aryl methyl sites for hydroxylation is 2. The molecule has 0 saturated heterocycles. The van der Waals surface area contributed by atoms with Crippen molar-refractivity contribution in [3.05, 3.63) is 80.6 Å². The largest absolute Gasteiger partial charge is 0.354 e. The molecule has 28 heavy (non-hydrogen) atoms. The van der Waals surface area contributed by atoms with Crippen molar-refractivity contribution >= 4 is 43.6 Å². The van der Waals surface area contributed by atoms with E-state index in [4.69, 9.17) is 0 Å². The molecule has 4 heteroatoms. The molecule has 5 rings (SSSR count). The minimum Gasteiger partial charge on any atom is -0.354 e. The third-order valence-electron chi connectivity index (χ3n) is 5.49. The van der Waals surface area contributed by atoms with Crippen LogP contribution in [0.2, 0.25) is 0 Å². The van der Waals surface area contributed by atoms with Gasteiger partial charge in [-0.2, -0.15) is 0 Å². The van der Waals surface area contributed by atoms with Crippen molar-refractivity contribution in [3.63, 3.8) is 0 Å². The van der Waals surface area contributed by atoms with E-state index >= 15 is 0 Å². The molecule has 0 aliphatic heterocycles. The van der Waals surface area contributed by atoms with Gasteiger partial charge in [0, 0.05) is 33.6 Å². The Hall–Kier alpha value is -3.40. The third-order valence-corrected chi connectivity index (χ3v) is 5.49. The van der Waals surface area contributed by atoms with Crippen LogP contribution in [0, 0.1) is 6.92 Å². The van der Waals surface area contributed by atoms with E-state index in [2.05, 4.69) is 16.5 Å². The molecule has 0 spiro atoms. The third kappa shape index (κ3) is 2.31. The second-order valence-corrected chi connectivity index (χ2v) is 7.42. The minimum absolute atomic E-state index is 0.00856. The second-order valence-electron chi connectivity index (χ2n) is 7.42. The quantitative estimate of drug-likeness (QED) is 0.452. The highest BCUT2D eigenvalue weighted by Gasteiger charge is 2.14. The summed E-state index contributed by atoms with van der Waals surface area (Å²) < 4.78 is 2.17. The molecule has 0 aliphatic carbocycles. The summed E-state index contributed by atoms with van der Waals surface area (Å²) in [7, 11) is 0. The van der Waals surface area contributed by atoms with Crippen molar-refractivity contribution in [3.8, 4) is 0 Å². The number of hydrogen-bond donors (Lipinski definition) is 1. The van der Waals surface area contributed by atoms with Crippen LogP contribution in [0.25, 0.3) is 43.6 Å². The van der Waals surface area contributed by atoms with Crippen molar-refractivity contribution < 1.29 is 0 Å². The number of fused-ring (bicyclic) bond motifs is 4. The van der Waals surface area contributed by atoms with E-state index in [1.54, 1.807) is 0 Å².